The summed E-state index contributed by atoms with van der Waals surface area (Å²) in [5, 5.41) is 3.80. The zero-order chi connectivity index (χ0) is 23.3. The number of piperazine rings is 1. The van der Waals surface area contributed by atoms with Crippen LogP contribution >= 0.6 is 11.6 Å². The molecule has 1 fully saturated rings. The van der Waals surface area contributed by atoms with Crippen molar-refractivity contribution in [3.63, 3.8) is 0 Å². The highest BCUT2D eigenvalue weighted by Gasteiger charge is 2.17. The number of rotatable bonds is 7. The summed E-state index contributed by atoms with van der Waals surface area (Å²) >= 11 is 6.12. The molecule has 8 nitrogen and oxygen atoms in total. The SMILES string of the molecule is O=C(NCCCN1CCN(c2cccc(Cl)c2)CC1)c1ccc(-c2nc3ncncc3[nH]2)cc1. The maximum Gasteiger partial charge on any atom is 0.251 e. The Hall–Kier alpha value is -3.49. The van der Waals surface area contributed by atoms with Gasteiger partial charge in [0.2, 0.25) is 0 Å². The molecule has 1 aliphatic heterocycles. The first kappa shape index (κ1) is 22.3. The number of nitrogens with one attached hydrogen (secondary N) is 2. The van der Waals surface area contributed by atoms with E-state index in [0.29, 0.717) is 23.6 Å². The number of benzene rings is 2. The van der Waals surface area contributed by atoms with Crippen LogP contribution < -0.4 is 10.2 Å². The Morgan fingerprint density at radius 3 is 2.68 bits per heavy atom. The Kier molecular flexibility index (Phi) is 6.69. The zero-order valence-electron chi connectivity index (χ0n) is 18.7. The number of nitrogens with zero attached hydrogens (tertiary/aromatic N) is 5. The number of carbonyl (C=O) groups is 1. The predicted molar refractivity (Wildman–Crippen MR) is 134 cm³/mol. The fourth-order valence-corrected chi connectivity index (χ4v) is 4.37. The lowest BCUT2D eigenvalue weighted by Crippen LogP contribution is -2.47. The topological polar surface area (TPSA) is 90.0 Å². The smallest absolute Gasteiger partial charge is 0.251 e. The molecule has 2 N–H and O–H groups in total. The highest BCUT2D eigenvalue weighted by atomic mass is 35.5. The second kappa shape index (κ2) is 10.2. The molecule has 1 saturated heterocycles. The van der Waals surface area contributed by atoms with Gasteiger partial charge < -0.3 is 15.2 Å². The van der Waals surface area contributed by atoms with Crippen molar-refractivity contribution in [1.82, 2.24) is 30.2 Å². The second-order valence-electron chi connectivity index (χ2n) is 8.34. The molecule has 2 aromatic carbocycles. The summed E-state index contributed by atoms with van der Waals surface area (Å²) < 4.78 is 0. The summed E-state index contributed by atoms with van der Waals surface area (Å²) in [6, 6.07) is 15.4. The Balaban J connectivity index is 1.05. The summed E-state index contributed by atoms with van der Waals surface area (Å²) in [6.07, 6.45) is 4.09. The third kappa shape index (κ3) is 5.18. The maximum absolute atomic E-state index is 12.5. The molecule has 2 aromatic heterocycles. The quantitative estimate of drug-likeness (QED) is 0.397. The minimum absolute atomic E-state index is 0.0622. The van der Waals surface area contributed by atoms with Gasteiger partial charge in [0.05, 0.1) is 6.20 Å². The molecule has 1 aliphatic rings. The molecule has 5 rings (SSSR count). The fraction of sp³-hybridized carbons (Fsp3) is 0.280. The molecule has 0 bridgehead atoms. The maximum atomic E-state index is 12.5. The van der Waals surface area contributed by atoms with Crippen molar-refractivity contribution < 1.29 is 4.79 Å². The number of aromatic amines is 1. The molecule has 3 heterocycles. The zero-order valence-corrected chi connectivity index (χ0v) is 19.5. The van der Waals surface area contributed by atoms with Crippen LogP contribution in [0.25, 0.3) is 22.6 Å². The number of carbonyl (C=O) groups excluding carboxylic acids is 1. The van der Waals surface area contributed by atoms with E-state index in [9.17, 15) is 4.79 Å². The summed E-state index contributed by atoms with van der Waals surface area (Å²) in [7, 11) is 0. The van der Waals surface area contributed by atoms with Crippen LogP contribution in [0.3, 0.4) is 0 Å². The minimum atomic E-state index is -0.0622. The Bertz CT molecular complexity index is 1230. The van der Waals surface area contributed by atoms with Gasteiger partial charge in [0.15, 0.2) is 5.65 Å². The van der Waals surface area contributed by atoms with Gasteiger partial charge in [0, 0.05) is 54.6 Å². The van der Waals surface area contributed by atoms with E-state index in [0.717, 1.165) is 55.2 Å². The Labute approximate surface area is 203 Å². The molecule has 0 spiro atoms. The molecule has 0 atom stereocenters. The predicted octanol–water partition coefficient (Wildman–Crippen LogP) is 3.62. The van der Waals surface area contributed by atoms with Gasteiger partial charge in [-0.3, -0.25) is 9.69 Å². The molecule has 0 unspecified atom stereocenters. The molecular weight excluding hydrogens is 450 g/mol. The van der Waals surface area contributed by atoms with Crippen LogP contribution in [0.2, 0.25) is 5.02 Å². The van der Waals surface area contributed by atoms with Crippen molar-refractivity contribution in [3.05, 3.63) is 71.6 Å². The van der Waals surface area contributed by atoms with E-state index in [-0.39, 0.29) is 5.91 Å². The van der Waals surface area contributed by atoms with Gasteiger partial charge in [-0.2, -0.15) is 0 Å². The average molecular weight is 476 g/mol. The first-order chi connectivity index (χ1) is 16.7. The normalized spacial score (nSPS) is 14.4. The third-order valence-corrected chi connectivity index (χ3v) is 6.30. The Morgan fingerprint density at radius 2 is 1.91 bits per heavy atom. The van der Waals surface area contributed by atoms with Crippen molar-refractivity contribution in [2.75, 3.05) is 44.2 Å². The van der Waals surface area contributed by atoms with E-state index in [2.05, 4.69) is 41.1 Å². The van der Waals surface area contributed by atoms with Gasteiger partial charge in [0.25, 0.3) is 5.91 Å². The lowest BCUT2D eigenvalue weighted by molar-refractivity contribution is 0.0951. The summed E-state index contributed by atoms with van der Waals surface area (Å²) in [6.45, 7) is 5.60. The molecule has 0 aliphatic carbocycles. The lowest BCUT2D eigenvalue weighted by Gasteiger charge is -2.36. The second-order valence-corrected chi connectivity index (χ2v) is 8.78. The monoisotopic (exact) mass is 475 g/mol. The van der Waals surface area contributed by atoms with E-state index in [1.165, 1.54) is 12.0 Å². The first-order valence-electron chi connectivity index (χ1n) is 11.4. The highest BCUT2D eigenvalue weighted by Crippen LogP contribution is 2.21. The summed E-state index contributed by atoms with van der Waals surface area (Å²) in [5.74, 6) is 0.644. The fourth-order valence-electron chi connectivity index (χ4n) is 4.19. The van der Waals surface area contributed by atoms with Crippen LogP contribution in [0.5, 0.6) is 0 Å². The summed E-state index contributed by atoms with van der Waals surface area (Å²) in [5.41, 5.74) is 4.11. The van der Waals surface area contributed by atoms with Crippen LogP contribution in [0.1, 0.15) is 16.8 Å². The molecule has 174 valence electrons. The molecular formula is C25H26ClN7O. The van der Waals surface area contributed by atoms with E-state index in [1.54, 1.807) is 6.20 Å². The lowest BCUT2D eigenvalue weighted by atomic mass is 10.1. The summed E-state index contributed by atoms with van der Waals surface area (Å²) in [4.78, 5) is 33.1. The number of hydrogen-bond donors (Lipinski definition) is 2. The third-order valence-electron chi connectivity index (χ3n) is 6.06. The molecule has 0 saturated carbocycles. The number of hydrogen-bond acceptors (Lipinski definition) is 6. The Morgan fingerprint density at radius 1 is 1.09 bits per heavy atom. The number of fused-ring (bicyclic) bond motifs is 1. The average Bonchev–Trinajstić information content (AvgIpc) is 3.31. The van der Waals surface area contributed by atoms with Crippen LogP contribution in [0.4, 0.5) is 5.69 Å². The van der Waals surface area contributed by atoms with Crippen LogP contribution in [-0.2, 0) is 0 Å². The molecule has 1 amide bonds. The van der Waals surface area contributed by atoms with Gasteiger partial charge in [0.1, 0.15) is 17.7 Å². The first-order valence-corrected chi connectivity index (χ1v) is 11.8. The number of imidazole rings is 1. The number of aromatic nitrogens is 4. The molecule has 0 radical (unpaired) electrons. The van der Waals surface area contributed by atoms with Crippen molar-refractivity contribution in [2.45, 2.75) is 6.42 Å². The van der Waals surface area contributed by atoms with Gasteiger partial charge in [-0.1, -0.05) is 29.8 Å². The van der Waals surface area contributed by atoms with Crippen molar-refractivity contribution in [1.29, 1.82) is 0 Å². The van der Waals surface area contributed by atoms with Gasteiger partial charge in [-0.25, -0.2) is 15.0 Å². The van der Waals surface area contributed by atoms with E-state index in [1.807, 2.05) is 42.5 Å². The largest absolute Gasteiger partial charge is 0.369 e. The van der Waals surface area contributed by atoms with Gasteiger partial charge in [-0.05, 0) is 43.3 Å². The highest BCUT2D eigenvalue weighted by molar-refractivity contribution is 6.30. The van der Waals surface area contributed by atoms with Crippen molar-refractivity contribution in [3.8, 4) is 11.4 Å². The number of anilines is 1. The van der Waals surface area contributed by atoms with Gasteiger partial charge >= 0.3 is 0 Å². The minimum Gasteiger partial charge on any atom is -0.369 e. The molecule has 4 aromatic rings. The van der Waals surface area contributed by atoms with E-state index in [4.69, 9.17) is 11.6 Å². The molecule has 34 heavy (non-hydrogen) atoms. The number of amides is 1. The number of H-pyrrole nitrogens is 1. The molecule has 9 heteroatoms. The van der Waals surface area contributed by atoms with E-state index < -0.39 is 0 Å². The van der Waals surface area contributed by atoms with Gasteiger partial charge in [-0.15, -0.1) is 0 Å². The van der Waals surface area contributed by atoms with Crippen LogP contribution in [0.15, 0.2) is 61.1 Å². The standard InChI is InChI=1S/C25H26ClN7O/c26-20-3-1-4-21(15-20)33-13-11-32(12-14-33)10-2-9-28-25(34)19-7-5-18(6-8-19)23-30-22-16-27-17-29-24(22)31-23/h1,3-8,15-17H,2,9-14H2,(H,28,34)(H,27,29,30,31). The van der Waals surface area contributed by atoms with Crippen molar-refractivity contribution >= 4 is 34.4 Å². The van der Waals surface area contributed by atoms with Crippen LogP contribution in [-0.4, -0.2) is 70.0 Å². The number of halogens is 1. The van der Waals surface area contributed by atoms with E-state index >= 15 is 0 Å². The van der Waals surface area contributed by atoms with Crippen molar-refractivity contribution in [2.24, 2.45) is 0 Å². The van der Waals surface area contributed by atoms with Crippen LogP contribution in [0, 0.1) is 0 Å².